The highest BCUT2D eigenvalue weighted by molar-refractivity contribution is 14.0. The average molecular weight is 521 g/mol. The minimum Gasteiger partial charge on any atom is -0.444 e. The van der Waals surface area contributed by atoms with E-state index in [1.807, 2.05) is 37.3 Å². The van der Waals surface area contributed by atoms with E-state index >= 15 is 0 Å². The number of nitrogens with zero attached hydrogens (tertiary/aromatic N) is 5. The Morgan fingerprint density at radius 3 is 2.83 bits per heavy atom. The molecule has 4 rings (SSSR count). The van der Waals surface area contributed by atoms with Gasteiger partial charge in [0.25, 0.3) is 0 Å². The number of benzene rings is 1. The zero-order valence-corrected chi connectivity index (χ0v) is 19.5. The van der Waals surface area contributed by atoms with Gasteiger partial charge in [-0.2, -0.15) is 0 Å². The third-order valence-corrected chi connectivity index (χ3v) is 4.92. The van der Waals surface area contributed by atoms with E-state index in [1.54, 1.807) is 6.26 Å². The third kappa shape index (κ3) is 5.59. The summed E-state index contributed by atoms with van der Waals surface area (Å²) in [6.07, 6.45) is 6.30. The molecular weight excluding hydrogens is 493 g/mol. The molecule has 1 aromatic carbocycles. The predicted octanol–water partition coefficient (Wildman–Crippen LogP) is 3.53. The SMILES string of the molecule is CCNC(=NCc1coc(-c2ccccc2)n1)NCc1nnc2n1CCCCC2.I. The maximum atomic E-state index is 5.59. The lowest BCUT2D eigenvalue weighted by atomic mass is 10.2. The normalized spacial score (nSPS) is 13.8. The van der Waals surface area contributed by atoms with Crippen molar-refractivity contribution in [2.75, 3.05) is 6.54 Å². The summed E-state index contributed by atoms with van der Waals surface area (Å²) < 4.78 is 7.84. The lowest BCUT2D eigenvalue weighted by Gasteiger charge is -2.12. The van der Waals surface area contributed by atoms with Gasteiger partial charge in [0.1, 0.15) is 17.8 Å². The van der Waals surface area contributed by atoms with E-state index in [2.05, 4.69) is 35.4 Å². The second-order valence-corrected chi connectivity index (χ2v) is 7.05. The van der Waals surface area contributed by atoms with Crippen molar-refractivity contribution in [3.8, 4) is 11.5 Å². The van der Waals surface area contributed by atoms with Crippen molar-refractivity contribution >= 4 is 29.9 Å². The van der Waals surface area contributed by atoms with Crippen LogP contribution in [0.2, 0.25) is 0 Å². The van der Waals surface area contributed by atoms with Crippen molar-refractivity contribution in [2.24, 2.45) is 4.99 Å². The summed E-state index contributed by atoms with van der Waals surface area (Å²) in [6, 6.07) is 9.86. The van der Waals surface area contributed by atoms with Gasteiger partial charge in [0, 0.05) is 25.1 Å². The predicted molar refractivity (Wildman–Crippen MR) is 127 cm³/mol. The Balaban J connectivity index is 0.00000256. The lowest BCUT2D eigenvalue weighted by molar-refractivity contribution is 0.572. The summed E-state index contributed by atoms with van der Waals surface area (Å²) in [5.41, 5.74) is 1.75. The van der Waals surface area contributed by atoms with Crippen molar-refractivity contribution in [1.29, 1.82) is 0 Å². The first-order valence-corrected chi connectivity index (χ1v) is 10.3. The van der Waals surface area contributed by atoms with Crippen LogP contribution in [0.25, 0.3) is 11.5 Å². The first kappa shape index (κ1) is 22.3. The topological polar surface area (TPSA) is 93.2 Å². The van der Waals surface area contributed by atoms with Crippen molar-refractivity contribution < 1.29 is 4.42 Å². The van der Waals surface area contributed by atoms with Gasteiger partial charge in [-0.1, -0.05) is 24.6 Å². The highest BCUT2D eigenvalue weighted by Gasteiger charge is 2.14. The number of oxazole rings is 1. The molecule has 9 heteroatoms. The molecule has 0 amide bonds. The summed E-state index contributed by atoms with van der Waals surface area (Å²) in [6.45, 7) is 4.84. The Kier molecular flexibility index (Phi) is 8.23. The third-order valence-electron chi connectivity index (χ3n) is 4.92. The van der Waals surface area contributed by atoms with E-state index in [0.29, 0.717) is 19.0 Å². The van der Waals surface area contributed by atoms with Crippen LogP contribution in [0.1, 0.15) is 43.5 Å². The fourth-order valence-corrected chi connectivity index (χ4v) is 3.43. The first-order chi connectivity index (χ1) is 14.3. The van der Waals surface area contributed by atoms with Crippen LogP contribution in [-0.2, 0) is 26.1 Å². The van der Waals surface area contributed by atoms with Crippen LogP contribution in [-0.4, -0.2) is 32.3 Å². The molecule has 160 valence electrons. The fraction of sp³-hybridized carbons (Fsp3) is 0.429. The molecule has 0 saturated heterocycles. The van der Waals surface area contributed by atoms with Crippen LogP contribution in [0, 0.1) is 0 Å². The molecule has 2 aromatic heterocycles. The van der Waals surface area contributed by atoms with Crippen molar-refractivity contribution in [3.05, 3.63) is 53.9 Å². The number of aliphatic imine (C=N–C) groups is 1. The van der Waals surface area contributed by atoms with E-state index in [4.69, 9.17) is 4.42 Å². The number of aromatic nitrogens is 4. The van der Waals surface area contributed by atoms with E-state index in [9.17, 15) is 0 Å². The van der Waals surface area contributed by atoms with Gasteiger partial charge in [-0.25, -0.2) is 9.98 Å². The number of fused-ring (bicyclic) bond motifs is 1. The van der Waals surface area contributed by atoms with E-state index in [1.165, 1.54) is 19.3 Å². The van der Waals surface area contributed by atoms with Gasteiger partial charge in [0.2, 0.25) is 5.89 Å². The Hall–Kier alpha value is -2.43. The number of halogens is 1. The number of hydrogen-bond acceptors (Lipinski definition) is 5. The van der Waals surface area contributed by atoms with E-state index in [-0.39, 0.29) is 24.0 Å². The number of rotatable bonds is 6. The van der Waals surface area contributed by atoms with Crippen molar-refractivity contribution in [1.82, 2.24) is 30.4 Å². The van der Waals surface area contributed by atoms with Crippen LogP contribution < -0.4 is 10.6 Å². The first-order valence-electron chi connectivity index (χ1n) is 10.3. The molecule has 0 saturated carbocycles. The monoisotopic (exact) mass is 521 g/mol. The van der Waals surface area contributed by atoms with E-state index < -0.39 is 0 Å². The number of nitrogens with one attached hydrogen (secondary N) is 2. The maximum Gasteiger partial charge on any atom is 0.226 e. The second kappa shape index (κ2) is 11.1. The Labute approximate surface area is 193 Å². The van der Waals surface area contributed by atoms with Gasteiger partial charge in [-0.3, -0.25) is 0 Å². The highest BCUT2D eigenvalue weighted by Crippen LogP contribution is 2.18. The van der Waals surface area contributed by atoms with Crippen LogP contribution in [0.15, 0.2) is 46.0 Å². The maximum absolute atomic E-state index is 5.59. The molecule has 30 heavy (non-hydrogen) atoms. The molecule has 0 radical (unpaired) electrons. The quantitative estimate of drug-likeness (QED) is 0.293. The molecule has 1 aliphatic heterocycles. The molecular formula is C21H28IN7O. The van der Waals surface area contributed by atoms with Gasteiger partial charge in [-0.05, 0) is 31.9 Å². The number of hydrogen-bond donors (Lipinski definition) is 2. The molecule has 1 aliphatic rings. The average Bonchev–Trinajstić information content (AvgIpc) is 3.31. The van der Waals surface area contributed by atoms with Gasteiger partial charge in [-0.15, -0.1) is 34.2 Å². The van der Waals surface area contributed by atoms with Crippen molar-refractivity contribution in [2.45, 2.75) is 52.2 Å². The molecule has 2 N–H and O–H groups in total. The standard InChI is InChI=1S/C21H27N7O.HI/c1-2-22-21(24-14-19-27-26-18-11-7-4-8-12-28(18)19)23-13-17-15-29-20(25-17)16-9-5-3-6-10-16;/h3,5-6,9-10,15H,2,4,7-8,11-14H2,1H3,(H2,22,23,24);1H. The molecule has 3 heterocycles. The Morgan fingerprint density at radius 1 is 1.13 bits per heavy atom. The number of guanidine groups is 1. The molecule has 0 bridgehead atoms. The minimum atomic E-state index is 0. The molecule has 0 unspecified atom stereocenters. The smallest absolute Gasteiger partial charge is 0.226 e. The fourth-order valence-electron chi connectivity index (χ4n) is 3.43. The molecule has 3 aromatic rings. The molecule has 8 nitrogen and oxygen atoms in total. The summed E-state index contributed by atoms with van der Waals surface area (Å²) in [5, 5.41) is 15.4. The molecule has 0 fully saturated rings. The van der Waals surface area contributed by atoms with Gasteiger partial charge in [0.15, 0.2) is 11.8 Å². The van der Waals surface area contributed by atoms with Gasteiger partial charge >= 0.3 is 0 Å². The zero-order chi connectivity index (χ0) is 19.9. The van der Waals surface area contributed by atoms with Gasteiger partial charge in [0.05, 0.1) is 13.1 Å². The molecule has 0 aliphatic carbocycles. The van der Waals surface area contributed by atoms with Gasteiger partial charge < -0.3 is 19.6 Å². The number of aryl methyl sites for hydroxylation is 1. The molecule has 0 spiro atoms. The second-order valence-electron chi connectivity index (χ2n) is 7.05. The summed E-state index contributed by atoms with van der Waals surface area (Å²) >= 11 is 0. The van der Waals surface area contributed by atoms with E-state index in [0.717, 1.165) is 48.4 Å². The van der Waals surface area contributed by atoms with Crippen LogP contribution >= 0.6 is 24.0 Å². The van der Waals surface area contributed by atoms with Crippen LogP contribution in [0.5, 0.6) is 0 Å². The summed E-state index contributed by atoms with van der Waals surface area (Å²) in [5.74, 6) is 3.39. The molecule has 0 atom stereocenters. The Bertz CT molecular complexity index is 951. The zero-order valence-electron chi connectivity index (χ0n) is 17.2. The summed E-state index contributed by atoms with van der Waals surface area (Å²) in [7, 11) is 0. The Morgan fingerprint density at radius 2 is 2.00 bits per heavy atom. The largest absolute Gasteiger partial charge is 0.444 e. The highest BCUT2D eigenvalue weighted by atomic mass is 127. The summed E-state index contributed by atoms with van der Waals surface area (Å²) in [4.78, 5) is 9.17. The van der Waals surface area contributed by atoms with Crippen LogP contribution in [0.4, 0.5) is 0 Å². The van der Waals surface area contributed by atoms with Crippen LogP contribution in [0.3, 0.4) is 0 Å². The lowest BCUT2D eigenvalue weighted by Crippen LogP contribution is -2.37. The minimum absolute atomic E-state index is 0. The van der Waals surface area contributed by atoms with Crippen molar-refractivity contribution in [3.63, 3.8) is 0 Å².